The number of nitrogens with one attached hydrogen (secondary N) is 1. The summed E-state index contributed by atoms with van der Waals surface area (Å²) in [5, 5.41) is 10.5. The standard InChI is InChI=1S/C23H26ClN3O4/c24-15-11-17-22(25-16(15)10-6-2-5-9-14-7-3-1-4-8-14)27-23(26-17)31-19-13-30-20-18(28)12-29-21(19)20/h1,3-4,7-8,11,18-21,28H,2,5-6,9-10,12-13H2,(H,25,26,27)/t18-,19-,20-,21-/m1/s1. The van der Waals surface area contributed by atoms with Gasteiger partial charge in [0, 0.05) is 0 Å². The maximum absolute atomic E-state index is 9.87. The van der Waals surface area contributed by atoms with Crippen LogP contribution in [0, 0.1) is 0 Å². The summed E-state index contributed by atoms with van der Waals surface area (Å²) in [5.41, 5.74) is 3.55. The largest absolute Gasteiger partial charge is 0.456 e. The molecule has 3 aromatic rings. The van der Waals surface area contributed by atoms with Gasteiger partial charge in [0.25, 0.3) is 6.01 Å². The summed E-state index contributed by atoms with van der Waals surface area (Å²) in [5.74, 6) is 0. The number of fused-ring (bicyclic) bond motifs is 2. The number of imidazole rings is 1. The first kappa shape index (κ1) is 20.7. The van der Waals surface area contributed by atoms with Gasteiger partial charge in [0.05, 0.1) is 29.4 Å². The Morgan fingerprint density at radius 1 is 1.03 bits per heavy atom. The van der Waals surface area contributed by atoms with E-state index in [0.717, 1.165) is 43.3 Å². The minimum atomic E-state index is -0.606. The van der Waals surface area contributed by atoms with Gasteiger partial charge in [-0.25, -0.2) is 4.98 Å². The average Bonchev–Trinajstić information content (AvgIpc) is 3.46. The molecule has 4 heterocycles. The van der Waals surface area contributed by atoms with E-state index in [1.165, 1.54) is 5.56 Å². The van der Waals surface area contributed by atoms with Crippen molar-refractivity contribution in [1.82, 2.24) is 15.0 Å². The lowest BCUT2D eigenvalue weighted by atomic mass is 10.1. The van der Waals surface area contributed by atoms with Gasteiger partial charge in [0.15, 0.2) is 11.8 Å². The molecular weight excluding hydrogens is 418 g/mol. The zero-order valence-corrected chi connectivity index (χ0v) is 17.9. The first-order chi connectivity index (χ1) is 15.2. The van der Waals surface area contributed by atoms with Crippen LogP contribution in [0.25, 0.3) is 11.2 Å². The summed E-state index contributed by atoms with van der Waals surface area (Å²) in [6.45, 7) is 0.618. The van der Waals surface area contributed by atoms with Gasteiger partial charge in [-0.15, -0.1) is 0 Å². The fourth-order valence-corrected chi connectivity index (χ4v) is 4.54. The minimum Gasteiger partial charge on any atom is -0.456 e. The molecule has 2 fully saturated rings. The highest BCUT2D eigenvalue weighted by atomic mass is 35.5. The van der Waals surface area contributed by atoms with Crippen molar-refractivity contribution in [3.8, 4) is 6.01 Å². The monoisotopic (exact) mass is 443 g/mol. The number of aliphatic hydroxyl groups excluding tert-OH is 1. The lowest BCUT2D eigenvalue weighted by molar-refractivity contribution is 0.00706. The lowest BCUT2D eigenvalue weighted by Crippen LogP contribution is -2.34. The molecule has 0 unspecified atom stereocenters. The molecule has 0 amide bonds. The first-order valence-corrected chi connectivity index (χ1v) is 11.2. The van der Waals surface area contributed by atoms with Crippen molar-refractivity contribution in [3.05, 3.63) is 52.7 Å². The molecule has 0 aliphatic carbocycles. The van der Waals surface area contributed by atoms with Crippen LogP contribution in [0.4, 0.5) is 0 Å². The van der Waals surface area contributed by atoms with Crippen LogP contribution in [-0.4, -0.2) is 57.7 Å². The van der Waals surface area contributed by atoms with Gasteiger partial charge in [-0.05, 0) is 37.3 Å². The van der Waals surface area contributed by atoms with Crippen LogP contribution >= 0.6 is 11.6 Å². The lowest BCUT2D eigenvalue weighted by Gasteiger charge is -2.15. The molecule has 2 aliphatic heterocycles. The van der Waals surface area contributed by atoms with E-state index in [4.69, 9.17) is 25.8 Å². The zero-order chi connectivity index (χ0) is 21.2. The van der Waals surface area contributed by atoms with E-state index < -0.39 is 6.10 Å². The number of pyridine rings is 1. The maximum Gasteiger partial charge on any atom is 0.296 e. The molecule has 0 saturated carbocycles. The topological polar surface area (TPSA) is 89.5 Å². The van der Waals surface area contributed by atoms with Crippen molar-refractivity contribution in [2.45, 2.75) is 56.5 Å². The van der Waals surface area contributed by atoms with Crippen LogP contribution in [0.1, 0.15) is 30.5 Å². The molecule has 1 aromatic carbocycles. The fourth-order valence-electron chi connectivity index (χ4n) is 4.30. The number of aromatic nitrogens is 3. The molecule has 0 radical (unpaired) electrons. The quantitative estimate of drug-likeness (QED) is 0.518. The van der Waals surface area contributed by atoms with Crippen molar-refractivity contribution >= 4 is 22.8 Å². The molecule has 4 atom stereocenters. The average molecular weight is 444 g/mol. The number of hydrogen-bond acceptors (Lipinski definition) is 6. The van der Waals surface area contributed by atoms with Gasteiger partial charge in [0.1, 0.15) is 18.3 Å². The number of aromatic amines is 1. The second kappa shape index (κ2) is 9.12. The summed E-state index contributed by atoms with van der Waals surface area (Å²) in [7, 11) is 0. The smallest absolute Gasteiger partial charge is 0.296 e. The number of unbranched alkanes of at least 4 members (excludes halogenated alkanes) is 2. The van der Waals surface area contributed by atoms with Gasteiger partial charge in [-0.1, -0.05) is 48.4 Å². The van der Waals surface area contributed by atoms with Gasteiger partial charge in [-0.3, -0.25) is 0 Å². The SMILES string of the molecule is O[C@@H]1CO[C@H]2[C@@H]1OC[C@H]2Oc1nc2nc(CCCCCc3ccccc3)c(Cl)cc2[nH]1. The maximum atomic E-state index is 9.87. The summed E-state index contributed by atoms with van der Waals surface area (Å²) < 4.78 is 17.1. The van der Waals surface area contributed by atoms with Crippen LogP contribution in [0.2, 0.25) is 5.02 Å². The van der Waals surface area contributed by atoms with E-state index in [9.17, 15) is 5.11 Å². The van der Waals surface area contributed by atoms with E-state index in [2.05, 4.69) is 39.2 Å². The molecule has 2 aromatic heterocycles. The third kappa shape index (κ3) is 4.55. The van der Waals surface area contributed by atoms with E-state index in [0.29, 0.717) is 23.3 Å². The molecule has 8 heteroatoms. The normalized spacial score (nSPS) is 25.2. The van der Waals surface area contributed by atoms with Crippen LogP contribution < -0.4 is 4.74 Å². The highest BCUT2D eigenvalue weighted by molar-refractivity contribution is 6.31. The molecule has 5 rings (SSSR count). The number of H-pyrrole nitrogens is 1. The van der Waals surface area contributed by atoms with Crippen LogP contribution in [0.15, 0.2) is 36.4 Å². The summed E-state index contributed by atoms with van der Waals surface area (Å²) in [4.78, 5) is 12.2. The minimum absolute atomic E-state index is 0.265. The highest BCUT2D eigenvalue weighted by Crippen LogP contribution is 2.30. The molecule has 31 heavy (non-hydrogen) atoms. The Labute approximate surface area is 185 Å². The number of rotatable bonds is 8. The van der Waals surface area contributed by atoms with Crippen molar-refractivity contribution in [2.24, 2.45) is 0 Å². The Morgan fingerprint density at radius 3 is 2.71 bits per heavy atom. The molecule has 2 aliphatic rings. The van der Waals surface area contributed by atoms with Gasteiger partial charge < -0.3 is 24.3 Å². The van der Waals surface area contributed by atoms with E-state index in [1.807, 2.05) is 12.1 Å². The molecule has 0 spiro atoms. The summed E-state index contributed by atoms with van der Waals surface area (Å²) in [6.07, 6.45) is 3.66. The summed E-state index contributed by atoms with van der Waals surface area (Å²) >= 11 is 6.46. The number of aryl methyl sites for hydroxylation is 2. The highest BCUT2D eigenvalue weighted by Gasteiger charge is 2.48. The number of hydrogen-bond donors (Lipinski definition) is 2. The third-order valence-corrected chi connectivity index (χ3v) is 6.27. The Balaban J connectivity index is 1.17. The molecular formula is C23H26ClN3O4. The predicted octanol–water partition coefficient (Wildman–Crippen LogP) is 3.47. The summed E-state index contributed by atoms with van der Waals surface area (Å²) in [6, 6.07) is 12.8. The number of nitrogens with zero attached hydrogens (tertiary/aromatic N) is 2. The van der Waals surface area contributed by atoms with Crippen molar-refractivity contribution in [1.29, 1.82) is 0 Å². The van der Waals surface area contributed by atoms with Gasteiger partial charge in [-0.2, -0.15) is 4.98 Å². The Bertz CT molecular complexity index is 1030. The van der Waals surface area contributed by atoms with E-state index in [-0.39, 0.29) is 24.9 Å². The number of halogens is 1. The zero-order valence-electron chi connectivity index (χ0n) is 17.2. The van der Waals surface area contributed by atoms with Crippen LogP contribution in [-0.2, 0) is 22.3 Å². The second-order valence-electron chi connectivity index (χ2n) is 8.20. The van der Waals surface area contributed by atoms with Crippen LogP contribution in [0.5, 0.6) is 6.01 Å². The van der Waals surface area contributed by atoms with Crippen LogP contribution in [0.3, 0.4) is 0 Å². The molecule has 0 bridgehead atoms. The Morgan fingerprint density at radius 2 is 1.84 bits per heavy atom. The van der Waals surface area contributed by atoms with E-state index in [1.54, 1.807) is 0 Å². The number of aliphatic hydroxyl groups is 1. The number of ether oxygens (including phenoxy) is 3. The predicted molar refractivity (Wildman–Crippen MR) is 117 cm³/mol. The molecule has 164 valence electrons. The van der Waals surface area contributed by atoms with Crippen molar-refractivity contribution < 1.29 is 19.3 Å². The third-order valence-electron chi connectivity index (χ3n) is 5.94. The molecule has 2 saturated heterocycles. The second-order valence-corrected chi connectivity index (χ2v) is 8.60. The molecule has 7 nitrogen and oxygen atoms in total. The fraction of sp³-hybridized carbons (Fsp3) is 0.478. The van der Waals surface area contributed by atoms with Gasteiger partial charge >= 0.3 is 0 Å². The van der Waals surface area contributed by atoms with Crippen molar-refractivity contribution in [2.75, 3.05) is 13.2 Å². The van der Waals surface area contributed by atoms with E-state index >= 15 is 0 Å². The Kier molecular flexibility index (Phi) is 6.09. The van der Waals surface area contributed by atoms with Crippen molar-refractivity contribution in [3.63, 3.8) is 0 Å². The Hall–Kier alpha value is -2.19. The van der Waals surface area contributed by atoms with Gasteiger partial charge in [0.2, 0.25) is 0 Å². The molecule has 2 N–H and O–H groups in total. The number of benzene rings is 1. The first-order valence-electron chi connectivity index (χ1n) is 10.8.